The normalized spacial score (nSPS) is 14.7. The molecule has 0 aliphatic carbocycles. The third kappa shape index (κ3) is 9.73. The average molecular weight is 287 g/mol. The number of hydrogen-bond donors (Lipinski definition) is 1. The fraction of sp³-hybridized carbons (Fsp3) is 1.00. The van der Waals surface area contributed by atoms with E-state index in [0.29, 0.717) is 13.2 Å². The van der Waals surface area contributed by atoms with Gasteiger partial charge in [0.05, 0.1) is 23.4 Å². The molecule has 0 fully saturated rings. The maximum absolute atomic E-state index is 6.34. The zero-order chi connectivity index (χ0) is 16.2. The standard InChI is InChI=1S/C17H37NO2/c1-14(2,3)12-16(6,7)20-15(4,5)10-11-19-17(8,9)13-18/h10-13,18H2,1-9H3. The van der Waals surface area contributed by atoms with Crippen LogP contribution in [0.25, 0.3) is 0 Å². The average Bonchev–Trinajstić information content (AvgIpc) is 2.10. The van der Waals surface area contributed by atoms with Gasteiger partial charge in [0.25, 0.3) is 0 Å². The van der Waals surface area contributed by atoms with Crippen LogP contribution in [0.1, 0.15) is 75.2 Å². The molecule has 0 aromatic carbocycles. The lowest BCUT2D eigenvalue weighted by Crippen LogP contribution is -2.41. The number of rotatable bonds is 8. The summed E-state index contributed by atoms with van der Waals surface area (Å²) in [6.07, 6.45) is 1.89. The highest BCUT2D eigenvalue weighted by Gasteiger charge is 2.33. The molecular formula is C17H37NO2. The van der Waals surface area contributed by atoms with Crippen molar-refractivity contribution in [3.63, 3.8) is 0 Å². The van der Waals surface area contributed by atoms with E-state index < -0.39 is 0 Å². The first-order valence-corrected chi connectivity index (χ1v) is 7.72. The summed E-state index contributed by atoms with van der Waals surface area (Å²) in [6, 6.07) is 0. The Hall–Kier alpha value is -0.120. The van der Waals surface area contributed by atoms with Gasteiger partial charge in [-0.05, 0) is 59.8 Å². The molecule has 0 aromatic rings. The molecule has 0 spiro atoms. The molecular weight excluding hydrogens is 250 g/mol. The van der Waals surface area contributed by atoms with Crippen LogP contribution in [0.5, 0.6) is 0 Å². The third-order valence-corrected chi connectivity index (χ3v) is 3.20. The Kier molecular flexibility index (Phi) is 6.72. The Morgan fingerprint density at radius 1 is 0.750 bits per heavy atom. The van der Waals surface area contributed by atoms with Crippen LogP contribution >= 0.6 is 0 Å². The van der Waals surface area contributed by atoms with Gasteiger partial charge in [-0.1, -0.05) is 20.8 Å². The van der Waals surface area contributed by atoms with Gasteiger partial charge < -0.3 is 15.2 Å². The van der Waals surface area contributed by atoms with Crippen LogP contribution in [0.15, 0.2) is 0 Å². The van der Waals surface area contributed by atoms with Crippen LogP contribution in [-0.4, -0.2) is 30.0 Å². The van der Waals surface area contributed by atoms with E-state index in [4.69, 9.17) is 15.2 Å². The second-order valence-corrected chi connectivity index (χ2v) is 8.92. The van der Waals surface area contributed by atoms with Crippen molar-refractivity contribution in [2.75, 3.05) is 13.2 Å². The molecule has 0 atom stereocenters. The summed E-state index contributed by atoms with van der Waals surface area (Å²) in [4.78, 5) is 0. The van der Waals surface area contributed by atoms with Crippen molar-refractivity contribution in [3.05, 3.63) is 0 Å². The van der Waals surface area contributed by atoms with Crippen LogP contribution in [0.2, 0.25) is 0 Å². The van der Waals surface area contributed by atoms with Crippen molar-refractivity contribution in [3.8, 4) is 0 Å². The van der Waals surface area contributed by atoms with Crippen molar-refractivity contribution in [1.82, 2.24) is 0 Å². The van der Waals surface area contributed by atoms with Gasteiger partial charge >= 0.3 is 0 Å². The topological polar surface area (TPSA) is 44.5 Å². The highest BCUT2D eigenvalue weighted by molar-refractivity contribution is 4.82. The summed E-state index contributed by atoms with van der Waals surface area (Å²) < 4.78 is 12.2. The minimum Gasteiger partial charge on any atom is -0.374 e. The van der Waals surface area contributed by atoms with E-state index in [9.17, 15) is 0 Å². The number of ether oxygens (including phenoxy) is 2. The molecule has 0 rings (SSSR count). The predicted octanol–water partition coefficient (Wildman–Crippen LogP) is 4.14. The lowest BCUT2D eigenvalue weighted by Gasteiger charge is -2.40. The van der Waals surface area contributed by atoms with Crippen LogP contribution in [0, 0.1) is 5.41 Å². The molecule has 0 aliphatic rings. The van der Waals surface area contributed by atoms with Crippen molar-refractivity contribution >= 4 is 0 Å². The molecule has 0 saturated carbocycles. The molecule has 0 radical (unpaired) electrons. The Morgan fingerprint density at radius 3 is 1.65 bits per heavy atom. The number of nitrogens with two attached hydrogens (primary N) is 1. The second kappa shape index (κ2) is 6.76. The second-order valence-electron chi connectivity index (χ2n) is 8.92. The van der Waals surface area contributed by atoms with E-state index in [1.54, 1.807) is 0 Å². The van der Waals surface area contributed by atoms with Gasteiger partial charge in [-0.25, -0.2) is 0 Å². The molecule has 0 unspecified atom stereocenters. The maximum atomic E-state index is 6.34. The summed E-state index contributed by atoms with van der Waals surface area (Å²) in [5, 5.41) is 0. The van der Waals surface area contributed by atoms with Crippen LogP contribution < -0.4 is 5.73 Å². The van der Waals surface area contributed by atoms with Crippen molar-refractivity contribution in [2.24, 2.45) is 11.1 Å². The summed E-state index contributed by atoms with van der Waals surface area (Å²) >= 11 is 0. The van der Waals surface area contributed by atoms with E-state index >= 15 is 0 Å². The van der Waals surface area contributed by atoms with Crippen molar-refractivity contribution in [2.45, 2.75) is 92.0 Å². The van der Waals surface area contributed by atoms with E-state index in [1.807, 2.05) is 13.8 Å². The van der Waals surface area contributed by atoms with Gasteiger partial charge in [-0.15, -0.1) is 0 Å². The molecule has 0 heterocycles. The van der Waals surface area contributed by atoms with Gasteiger partial charge in [-0.3, -0.25) is 0 Å². The zero-order valence-electron chi connectivity index (χ0n) is 15.2. The third-order valence-electron chi connectivity index (χ3n) is 3.20. The Bertz CT molecular complexity index is 288. The van der Waals surface area contributed by atoms with Gasteiger partial charge in [0.2, 0.25) is 0 Å². The molecule has 0 saturated heterocycles. The van der Waals surface area contributed by atoms with Crippen LogP contribution in [-0.2, 0) is 9.47 Å². The largest absolute Gasteiger partial charge is 0.374 e. The first kappa shape index (κ1) is 19.9. The lowest BCUT2D eigenvalue weighted by atomic mass is 9.83. The van der Waals surface area contributed by atoms with Gasteiger partial charge in [0.1, 0.15) is 0 Å². The zero-order valence-corrected chi connectivity index (χ0v) is 15.2. The first-order chi connectivity index (χ1) is 8.68. The molecule has 2 N–H and O–H groups in total. The quantitative estimate of drug-likeness (QED) is 0.729. The summed E-state index contributed by atoms with van der Waals surface area (Å²) in [5.74, 6) is 0. The highest BCUT2D eigenvalue weighted by Crippen LogP contribution is 2.33. The fourth-order valence-electron chi connectivity index (χ4n) is 2.74. The van der Waals surface area contributed by atoms with E-state index in [2.05, 4.69) is 48.5 Å². The van der Waals surface area contributed by atoms with Gasteiger partial charge in [0.15, 0.2) is 0 Å². The maximum Gasteiger partial charge on any atom is 0.0748 e. The van der Waals surface area contributed by atoms with Crippen LogP contribution in [0.4, 0.5) is 0 Å². The van der Waals surface area contributed by atoms with Gasteiger partial charge in [0, 0.05) is 6.54 Å². The Balaban J connectivity index is 4.37. The smallest absolute Gasteiger partial charge is 0.0748 e. The number of hydrogen-bond acceptors (Lipinski definition) is 3. The minimum atomic E-state index is -0.253. The van der Waals surface area contributed by atoms with E-state index in [0.717, 1.165) is 12.8 Å². The summed E-state index contributed by atoms with van der Waals surface area (Å²) in [6.45, 7) is 20.6. The lowest BCUT2D eigenvalue weighted by molar-refractivity contribution is -0.150. The van der Waals surface area contributed by atoms with Gasteiger partial charge in [-0.2, -0.15) is 0 Å². The molecule has 20 heavy (non-hydrogen) atoms. The fourth-order valence-corrected chi connectivity index (χ4v) is 2.74. The first-order valence-electron chi connectivity index (χ1n) is 7.72. The summed E-state index contributed by atoms with van der Waals surface area (Å²) in [5.41, 5.74) is 5.35. The minimum absolute atomic E-state index is 0.134. The molecule has 3 nitrogen and oxygen atoms in total. The van der Waals surface area contributed by atoms with E-state index in [1.165, 1.54) is 0 Å². The van der Waals surface area contributed by atoms with Crippen molar-refractivity contribution < 1.29 is 9.47 Å². The SMILES string of the molecule is CC(C)(C)CC(C)(C)OC(C)(C)CCOC(C)(C)CN. The Morgan fingerprint density at radius 2 is 1.25 bits per heavy atom. The molecule has 0 aliphatic heterocycles. The van der Waals surface area contributed by atoms with E-state index in [-0.39, 0.29) is 22.2 Å². The molecule has 0 aromatic heterocycles. The monoisotopic (exact) mass is 287 g/mol. The summed E-state index contributed by atoms with van der Waals surface area (Å²) in [7, 11) is 0. The highest BCUT2D eigenvalue weighted by atomic mass is 16.5. The Labute approximate surface area is 126 Å². The molecule has 122 valence electrons. The molecule has 0 bridgehead atoms. The van der Waals surface area contributed by atoms with Crippen LogP contribution in [0.3, 0.4) is 0 Å². The molecule has 0 amide bonds. The van der Waals surface area contributed by atoms with Crippen molar-refractivity contribution in [1.29, 1.82) is 0 Å². The predicted molar refractivity (Wildman–Crippen MR) is 87.0 cm³/mol. The molecule has 3 heteroatoms.